The van der Waals surface area contributed by atoms with E-state index in [0.29, 0.717) is 26.1 Å². The van der Waals surface area contributed by atoms with E-state index in [0.717, 1.165) is 25.9 Å². The fraction of sp³-hybridized carbons (Fsp3) is 0.440. The summed E-state index contributed by atoms with van der Waals surface area (Å²) in [5, 5.41) is 8.51. The molecule has 2 saturated heterocycles. The van der Waals surface area contributed by atoms with Crippen molar-refractivity contribution in [3.8, 4) is 0 Å². The Balaban J connectivity index is 1.43. The SMILES string of the molecule is O=C(N[C@@H](CC1CCNCC1)C(=O)Nc1ccc(S(=O)(=O)/N=C/C2CCOC2)nc1)c1ccc(F)cc1. The number of ether oxygens (including phenoxy) is 1. The molecule has 2 atom stereocenters. The molecule has 2 aliphatic heterocycles. The zero-order valence-corrected chi connectivity index (χ0v) is 21.0. The number of aromatic nitrogens is 1. The third kappa shape index (κ3) is 7.63. The summed E-state index contributed by atoms with van der Waals surface area (Å²) in [6.45, 7) is 2.68. The van der Waals surface area contributed by atoms with Crippen molar-refractivity contribution in [3.05, 3.63) is 54.0 Å². The number of hydrogen-bond acceptors (Lipinski definition) is 7. The minimum atomic E-state index is -3.98. The van der Waals surface area contributed by atoms with Crippen LogP contribution < -0.4 is 16.0 Å². The molecule has 2 aliphatic rings. The van der Waals surface area contributed by atoms with Gasteiger partial charge in [0.1, 0.15) is 11.9 Å². The molecule has 0 bridgehead atoms. The second-order valence-corrected chi connectivity index (χ2v) is 10.8. The van der Waals surface area contributed by atoms with E-state index in [2.05, 4.69) is 25.3 Å². The Morgan fingerprint density at radius 2 is 1.92 bits per heavy atom. The van der Waals surface area contributed by atoms with Crippen molar-refractivity contribution in [2.24, 2.45) is 16.2 Å². The number of halogens is 1. The number of rotatable bonds is 9. The van der Waals surface area contributed by atoms with Gasteiger partial charge < -0.3 is 20.7 Å². The minimum Gasteiger partial charge on any atom is -0.381 e. The van der Waals surface area contributed by atoms with Gasteiger partial charge in [-0.3, -0.25) is 9.59 Å². The summed E-state index contributed by atoms with van der Waals surface area (Å²) in [4.78, 5) is 29.9. The maximum absolute atomic E-state index is 13.2. The molecule has 198 valence electrons. The number of piperidine rings is 1. The minimum absolute atomic E-state index is 0.0460. The molecule has 4 rings (SSSR count). The molecule has 2 fully saturated rings. The number of pyridine rings is 1. The molecule has 2 aromatic rings. The van der Waals surface area contributed by atoms with E-state index in [1.807, 2.05) is 0 Å². The summed E-state index contributed by atoms with van der Waals surface area (Å²) >= 11 is 0. The van der Waals surface area contributed by atoms with Crippen LogP contribution in [0.25, 0.3) is 0 Å². The number of carbonyl (C=O) groups is 2. The Morgan fingerprint density at radius 3 is 2.57 bits per heavy atom. The van der Waals surface area contributed by atoms with Crippen molar-refractivity contribution in [2.75, 3.05) is 31.6 Å². The Hall–Kier alpha value is -3.22. The lowest BCUT2D eigenvalue weighted by Crippen LogP contribution is -2.46. The van der Waals surface area contributed by atoms with Gasteiger partial charge in [0, 0.05) is 24.3 Å². The van der Waals surface area contributed by atoms with Gasteiger partial charge in [0.2, 0.25) is 5.91 Å². The third-order valence-corrected chi connectivity index (χ3v) is 7.57. The Kier molecular flexibility index (Phi) is 8.95. The number of nitrogens with zero attached hydrogens (tertiary/aromatic N) is 2. The highest BCUT2D eigenvalue weighted by molar-refractivity contribution is 7.90. The Labute approximate surface area is 215 Å². The van der Waals surface area contributed by atoms with E-state index in [4.69, 9.17) is 4.74 Å². The van der Waals surface area contributed by atoms with Crippen LogP contribution in [0.4, 0.5) is 10.1 Å². The summed E-state index contributed by atoms with van der Waals surface area (Å²) < 4.78 is 47.1. The molecular weight excluding hydrogens is 501 g/mol. The lowest BCUT2D eigenvalue weighted by molar-refractivity contribution is -0.118. The van der Waals surface area contributed by atoms with Crippen LogP contribution in [0.1, 0.15) is 36.0 Å². The maximum Gasteiger partial charge on any atom is 0.299 e. The van der Waals surface area contributed by atoms with Gasteiger partial charge in [0.25, 0.3) is 15.9 Å². The zero-order valence-electron chi connectivity index (χ0n) is 20.2. The number of carbonyl (C=O) groups excluding carboxylic acids is 2. The lowest BCUT2D eigenvalue weighted by atomic mass is 9.90. The van der Waals surface area contributed by atoms with Gasteiger partial charge in [-0.2, -0.15) is 12.8 Å². The number of anilines is 1. The molecule has 1 unspecified atom stereocenters. The predicted octanol–water partition coefficient (Wildman–Crippen LogP) is 2.14. The number of amides is 2. The van der Waals surface area contributed by atoms with Crippen LogP contribution in [0, 0.1) is 17.7 Å². The number of nitrogens with one attached hydrogen (secondary N) is 3. The number of benzene rings is 1. The molecule has 37 heavy (non-hydrogen) atoms. The van der Waals surface area contributed by atoms with E-state index in [1.54, 1.807) is 0 Å². The third-order valence-electron chi connectivity index (χ3n) is 6.40. The summed E-state index contributed by atoms with van der Waals surface area (Å²) in [6.07, 6.45) is 5.50. The van der Waals surface area contributed by atoms with Gasteiger partial charge >= 0.3 is 0 Å². The van der Waals surface area contributed by atoms with Crippen molar-refractivity contribution < 1.29 is 27.1 Å². The van der Waals surface area contributed by atoms with Crippen LogP contribution in [0.2, 0.25) is 0 Å². The molecule has 0 saturated carbocycles. The van der Waals surface area contributed by atoms with Crippen LogP contribution in [0.5, 0.6) is 0 Å². The monoisotopic (exact) mass is 531 g/mol. The van der Waals surface area contributed by atoms with E-state index in [-0.39, 0.29) is 28.1 Å². The van der Waals surface area contributed by atoms with E-state index in [1.165, 1.54) is 48.8 Å². The van der Waals surface area contributed by atoms with Crippen molar-refractivity contribution in [3.63, 3.8) is 0 Å². The van der Waals surface area contributed by atoms with Crippen molar-refractivity contribution in [1.29, 1.82) is 0 Å². The predicted molar refractivity (Wildman–Crippen MR) is 135 cm³/mol. The maximum atomic E-state index is 13.2. The van der Waals surface area contributed by atoms with E-state index < -0.39 is 33.7 Å². The quantitative estimate of drug-likeness (QED) is 0.422. The average Bonchev–Trinajstić information content (AvgIpc) is 3.42. The fourth-order valence-electron chi connectivity index (χ4n) is 4.25. The molecule has 3 heterocycles. The first-order valence-corrected chi connectivity index (χ1v) is 13.7. The summed E-state index contributed by atoms with van der Waals surface area (Å²) in [7, 11) is -3.98. The van der Waals surface area contributed by atoms with Crippen molar-refractivity contribution in [1.82, 2.24) is 15.6 Å². The summed E-state index contributed by atoms with van der Waals surface area (Å²) in [6, 6.07) is 6.93. The Morgan fingerprint density at radius 1 is 1.16 bits per heavy atom. The highest BCUT2D eigenvalue weighted by Crippen LogP contribution is 2.20. The standard InChI is InChI=1S/C25H30FN5O5S/c26-20-3-1-19(2-4-20)24(32)31-22(13-17-7-10-27-11-8-17)25(33)30-21-5-6-23(28-15-21)37(34,35)29-14-18-9-12-36-16-18/h1-6,14-15,17-18,22,27H,7-13,16H2,(H,30,33)(H,31,32)/b29-14+/t18?,22-/m0/s1. The molecule has 1 aromatic heterocycles. The van der Waals surface area contributed by atoms with Gasteiger partial charge in [0.15, 0.2) is 5.03 Å². The van der Waals surface area contributed by atoms with Gasteiger partial charge in [-0.25, -0.2) is 9.37 Å². The first-order chi connectivity index (χ1) is 17.8. The number of sulfonamides is 1. The first-order valence-electron chi connectivity index (χ1n) is 12.2. The smallest absolute Gasteiger partial charge is 0.299 e. The molecule has 1 aromatic carbocycles. The zero-order chi connectivity index (χ0) is 26.3. The largest absolute Gasteiger partial charge is 0.381 e. The topological polar surface area (TPSA) is 139 Å². The van der Waals surface area contributed by atoms with Gasteiger partial charge in [-0.1, -0.05) is 0 Å². The van der Waals surface area contributed by atoms with Crippen LogP contribution in [0.3, 0.4) is 0 Å². The summed E-state index contributed by atoms with van der Waals surface area (Å²) in [5.41, 5.74) is 0.522. The first kappa shape index (κ1) is 26.8. The molecule has 3 N–H and O–H groups in total. The molecule has 10 nitrogen and oxygen atoms in total. The van der Waals surface area contributed by atoms with Crippen molar-refractivity contribution >= 4 is 33.7 Å². The lowest BCUT2D eigenvalue weighted by Gasteiger charge is -2.27. The molecule has 0 aliphatic carbocycles. The van der Waals surface area contributed by atoms with Crippen LogP contribution in [-0.4, -0.2) is 63.8 Å². The van der Waals surface area contributed by atoms with Crippen LogP contribution in [0.15, 0.2) is 52.0 Å². The fourth-order valence-corrected chi connectivity index (χ4v) is 5.12. The highest BCUT2D eigenvalue weighted by atomic mass is 32.2. The molecule has 12 heteroatoms. The molecule has 0 radical (unpaired) electrons. The Bertz CT molecular complexity index is 1210. The molecule has 0 spiro atoms. The van der Waals surface area contributed by atoms with E-state index >= 15 is 0 Å². The van der Waals surface area contributed by atoms with Gasteiger partial charge in [-0.05, 0) is 81.1 Å². The van der Waals surface area contributed by atoms with Gasteiger partial charge in [-0.15, -0.1) is 0 Å². The van der Waals surface area contributed by atoms with E-state index in [9.17, 15) is 22.4 Å². The van der Waals surface area contributed by atoms with Gasteiger partial charge in [0.05, 0.1) is 18.5 Å². The number of hydrogen-bond donors (Lipinski definition) is 3. The average molecular weight is 532 g/mol. The normalized spacial score (nSPS) is 19.5. The summed E-state index contributed by atoms with van der Waals surface area (Å²) in [5.74, 6) is -1.21. The van der Waals surface area contributed by atoms with Crippen LogP contribution in [-0.2, 0) is 19.6 Å². The second kappa shape index (κ2) is 12.3. The molecule has 2 amide bonds. The molecular formula is C25H30FN5O5S. The van der Waals surface area contributed by atoms with Crippen molar-refractivity contribution in [2.45, 2.75) is 36.8 Å². The second-order valence-electron chi connectivity index (χ2n) is 9.19. The highest BCUT2D eigenvalue weighted by Gasteiger charge is 2.27. The van der Waals surface area contributed by atoms with Crippen LogP contribution >= 0.6 is 0 Å².